The molecule has 0 bridgehead atoms. The summed E-state index contributed by atoms with van der Waals surface area (Å²) in [6, 6.07) is 29.3. The molecule has 0 spiro atoms. The first-order valence-corrected chi connectivity index (χ1v) is 15.4. The van der Waals surface area contributed by atoms with Gasteiger partial charge in [0.1, 0.15) is 6.04 Å². The molecule has 41 heavy (non-hydrogen) atoms. The van der Waals surface area contributed by atoms with E-state index >= 15 is 0 Å². The van der Waals surface area contributed by atoms with Gasteiger partial charge in [-0.15, -0.1) is 0 Å². The Morgan fingerprint density at radius 3 is 2.12 bits per heavy atom. The zero-order valence-corrected chi connectivity index (χ0v) is 24.2. The zero-order chi connectivity index (χ0) is 29.0. The van der Waals surface area contributed by atoms with Crippen molar-refractivity contribution in [2.24, 2.45) is 0 Å². The highest BCUT2D eigenvalue weighted by atomic mass is 32.2. The van der Waals surface area contributed by atoms with Crippen molar-refractivity contribution in [3.05, 3.63) is 108 Å². The number of hydrogen-bond donors (Lipinski definition) is 1. The van der Waals surface area contributed by atoms with E-state index in [0.717, 1.165) is 21.9 Å². The summed E-state index contributed by atoms with van der Waals surface area (Å²) in [5, 5.41) is 4.59. The Morgan fingerprint density at radius 2 is 1.46 bits per heavy atom. The summed E-state index contributed by atoms with van der Waals surface area (Å²) in [4.78, 5) is 29.3. The molecule has 4 aromatic rings. The second-order valence-corrected chi connectivity index (χ2v) is 12.5. The lowest BCUT2D eigenvalue weighted by Gasteiger charge is -2.32. The molecule has 1 atom stereocenters. The van der Waals surface area contributed by atoms with E-state index in [1.54, 1.807) is 17.0 Å². The van der Waals surface area contributed by atoms with E-state index < -0.39 is 16.1 Å². The summed E-state index contributed by atoms with van der Waals surface area (Å²) < 4.78 is 28.2. The molecule has 5 rings (SSSR count). The first-order valence-electron chi connectivity index (χ1n) is 14.0. The van der Waals surface area contributed by atoms with E-state index in [-0.39, 0.29) is 37.4 Å². The standard InChI is InChI=1S/C33H35N3O4S/c1-24(2)34-33(38)29(22-25-12-5-3-6-13-25)35(23-26-14-7-4-8-15-26)31(37)20-11-21-36-28-18-9-16-27-17-10-19-30(32(27)28)41(36,39)40/h3-10,12-19,24,29H,11,20-23H2,1-2H3,(H,34,38)/t29-/m1/s1. The van der Waals surface area contributed by atoms with Gasteiger partial charge in [-0.3, -0.25) is 13.9 Å². The van der Waals surface area contributed by atoms with Crippen LogP contribution in [0.1, 0.15) is 37.8 Å². The van der Waals surface area contributed by atoms with Crippen LogP contribution in [0.15, 0.2) is 102 Å². The minimum atomic E-state index is -3.70. The van der Waals surface area contributed by atoms with E-state index in [1.165, 1.54) is 4.31 Å². The smallest absolute Gasteiger partial charge is 0.265 e. The van der Waals surface area contributed by atoms with Gasteiger partial charge in [-0.25, -0.2) is 8.42 Å². The third-order valence-electron chi connectivity index (χ3n) is 7.33. The van der Waals surface area contributed by atoms with Crippen molar-refractivity contribution in [1.82, 2.24) is 10.2 Å². The highest BCUT2D eigenvalue weighted by Crippen LogP contribution is 2.42. The molecule has 0 fully saturated rings. The molecular formula is C33H35N3O4S. The molecule has 1 heterocycles. The molecule has 2 amide bonds. The number of carbonyl (C=O) groups excluding carboxylic acids is 2. The van der Waals surface area contributed by atoms with Crippen LogP contribution < -0.4 is 9.62 Å². The third-order valence-corrected chi connectivity index (χ3v) is 9.19. The monoisotopic (exact) mass is 569 g/mol. The fraction of sp³-hybridized carbons (Fsp3) is 0.273. The molecule has 0 saturated carbocycles. The summed E-state index contributed by atoms with van der Waals surface area (Å²) in [7, 11) is -3.70. The van der Waals surface area contributed by atoms with Crippen molar-refractivity contribution in [3.8, 4) is 0 Å². The topological polar surface area (TPSA) is 86.8 Å². The fourth-order valence-electron chi connectivity index (χ4n) is 5.43. The molecule has 1 N–H and O–H groups in total. The number of carbonyl (C=O) groups is 2. The van der Waals surface area contributed by atoms with Crippen molar-refractivity contribution >= 4 is 38.3 Å². The summed E-state index contributed by atoms with van der Waals surface area (Å²) in [6.45, 7) is 4.24. The number of nitrogens with zero attached hydrogens (tertiary/aromatic N) is 2. The predicted octanol–water partition coefficient (Wildman–Crippen LogP) is 5.29. The van der Waals surface area contributed by atoms with Crippen molar-refractivity contribution < 1.29 is 18.0 Å². The molecule has 212 valence electrons. The average molecular weight is 570 g/mol. The Hall–Kier alpha value is -4.17. The Morgan fingerprint density at radius 1 is 0.829 bits per heavy atom. The molecule has 0 radical (unpaired) electrons. The second kappa shape index (κ2) is 12.1. The molecular weight excluding hydrogens is 534 g/mol. The largest absolute Gasteiger partial charge is 0.352 e. The molecule has 0 saturated heterocycles. The van der Waals surface area contributed by atoms with Gasteiger partial charge in [0, 0.05) is 37.4 Å². The number of sulfonamides is 1. The lowest BCUT2D eigenvalue weighted by atomic mass is 10.0. The first kappa shape index (κ1) is 28.4. The molecule has 0 unspecified atom stereocenters. The highest BCUT2D eigenvalue weighted by molar-refractivity contribution is 7.93. The van der Waals surface area contributed by atoms with E-state index in [4.69, 9.17) is 0 Å². The van der Waals surface area contributed by atoms with Gasteiger partial charge in [-0.05, 0) is 48.9 Å². The minimum Gasteiger partial charge on any atom is -0.352 e. The summed E-state index contributed by atoms with van der Waals surface area (Å²) in [5.41, 5.74) is 2.52. The van der Waals surface area contributed by atoms with Gasteiger partial charge in [0.25, 0.3) is 10.0 Å². The van der Waals surface area contributed by atoms with Gasteiger partial charge in [0.2, 0.25) is 11.8 Å². The number of hydrogen-bond acceptors (Lipinski definition) is 4. The Labute approximate surface area is 241 Å². The molecule has 7 nitrogen and oxygen atoms in total. The number of benzene rings is 4. The second-order valence-electron chi connectivity index (χ2n) is 10.7. The van der Waals surface area contributed by atoms with Gasteiger partial charge >= 0.3 is 0 Å². The normalized spacial score (nSPS) is 14.3. The first-order chi connectivity index (χ1) is 19.8. The Bertz CT molecular complexity index is 1630. The third kappa shape index (κ3) is 6.12. The van der Waals surface area contributed by atoms with Crippen LogP contribution in [0.5, 0.6) is 0 Å². The minimum absolute atomic E-state index is 0.0841. The predicted molar refractivity (Wildman–Crippen MR) is 162 cm³/mol. The Balaban J connectivity index is 1.38. The van der Waals surface area contributed by atoms with Crippen LogP contribution in [0.3, 0.4) is 0 Å². The number of anilines is 1. The number of amides is 2. The van der Waals surface area contributed by atoms with Gasteiger partial charge in [0.15, 0.2) is 0 Å². The lowest BCUT2D eigenvalue weighted by Crippen LogP contribution is -2.51. The van der Waals surface area contributed by atoms with Crippen molar-refractivity contribution in [3.63, 3.8) is 0 Å². The maximum atomic E-state index is 13.9. The van der Waals surface area contributed by atoms with Crippen LogP contribution in [-0.4, -0.2) is 43.8 Å². The van der Waals surface area contributed by atoms with Crippen LogP contribution in [0.4, 0.5) is 5.69 Å². The highest BCUT2D eigenvalue weighted by Gasteiger charge is 2.36. The molecule has 8 heteroatoms. The van der Waals surface area contributed by atoms with Crippen LogP contribution in [0, 0.1) is 0 Å². The average Bonchev–Trinajstić information content (AvgIpc) is 3.18. The van der Waals surface area contributed by atoms with E-state index in [1.807, 2.05) is 98.8 Å². The molecule has 1 aliphatic heterocycles. The number of rotatable bonds is 11. The maximum absolute atomic E-state index is 13.9. The van der Waals surface area contributed by atoms with Gasteiger partial charge in [0.05, 0.1) is 10.6 Å². The van der Waals surface area contributed by atoms with Crippen LogP contribution in [0.25, 0.3) is 10.8 Å². The van der Waals surface area contributed by atoms with Gasteiger partial charge in [-0.1, -0.05) is 84.9 Å². The summed E-state index contributed by atoms with van der Waals surface area (Å²) in [6.07, 6.45) is 0.790. The number of nitrogens with one attached hydrogen (secondary N) is 1. The summed E-state index contributed by atoms with van der Waals surface area (Å²) in [5.74, 6) is -0.404. The van der Waals surface area contributed by atoms with E-state index in [0.29, 0.717) is 23.4 Å². The van der Waals surface area contributed by atoms with Crippen molar-refractivity contribution in [2.75, 3.05) is 10.8 Å². The lowest BCUT2D eigenvalue weighted by molar-refractivity contribution is -0.141. The van der Waals surface area contributed by atoms with Crippen LogP contribution in [0.2, 0.25) is 0 Å². The van der Waals surface area contributed by atoms with E-state index in [2.05, 4.69) is 5.32 Å². The molecule has 4 aromatic carbocycles. The van der Waals surface area contributed by atoms with E-state index in [9.17, 15) is 18.0 Å². The molecule has 0 aromatic heterocycles. The van der Waals surface area contributed by atoms with Crippen molar-refractivity contribution in [1.29, 1.82) is 0 Å². The maximum Gasteiger partial charge on any atom is 0.265 e. The quantitative estimate of drug-likeness (QED) is 0.266. The Kier molecular flexibility index (Phi) is 8.40. The van der Waals surface area contributed by atoms with Crippen LogP contribution >= 0.6 is 0 Å². The SMILES string of the molecule is CC(C)NC(=O)[C@@H](Cc1ccccc1)N(Cc1ccccc1)C(=O)CCCN1c2cccc3cccc(c23)S1(=O)=O. The van der Waals surface area contributed by atoms with Gasteiger partial charge in [-0.2, -0.15) is 0 Å². The molecule has 1 aliphatic rings. The molecule has 0 aliphatic carbocycles. The van der Waals surface area contributed by atoms with Crippen molar-refractivity contribution in [2.45, 2.75) is 56.6 Å². The zero-order valence-electron chi connectivity index (χ0n) is 23.4. The summed E-state index contributed by atoms with van der Waals surface area (Å²) >= 11 is 0. The van der Waals surface area contributed by atoms with Crippen LogP contribution in [-0.2, 0) is 32.6 Å². The fourth-order valence-corrected chi connectivity index (χ4v) is 7.18. The van der Waals surface area contributed by atoms with Gasteiger partial charge < -0.3 is 10.2 Å².